The smallest absolute Gasteiger partial charge is 0.177 e. The molecule has 2 saturated carbocycles. The number of ether oxygens (including phenoxy) is 2. The van der Waals surface area contributed by atoms with Crippen molar-refractivity contribution in [1.82, 2.24) is 9.78 Å². The third-order valence-electron chi connectivity index (χ3n) is 9.23. The Labute approximate surface area is 255 Å². The van der Waals surface area contributed by atoms with Gasteiger partial charge in [0, 0.05) is 36.4 Å². The van der Waals surface area contributed by atoms with E-state index >= 15 is 0 Å². The van der Waals surface area contributed by atoms with Gasteiger partial charge in [-0.2, -0.15) is 5.10 Å². The van der Waals surface area contributed by atoms with E-state index in [1.165, 1.54) is 5.56 Å². The minimum absolute atomic E-state index is 0.147. The summed E-state index contributed by atoms with van der Waals surface area (Å²) < 4.78 is 38.8. The van der Waals surface area contributed by atoms with Crippen molar-refractivity contribution < 1.29 is 22.7 Å². The van der Waals surface area contributed by atoms with Crippen LogP contribution in [0.4, 0.5) is 5.69 Å². The molecule has 2 bridgehead atoms. The number of para-hydroxylation sites is 1. The number of Topliss-reactive ketones (excluding diaryl/α,β-unsaturated/α-hetero) is 1. The van der Waals surface area contributed by atoms with Crippen LogP contribution in [-0.2, 0) is 25.9 Å². The van der Waals surface area contributed by atoms with Crippen molar-refractivity contribution in [1.29, 1.82) is 0 Å². The molecule has 4 atom stereocenters. The topological polar surface area (TPSA) is 90.7 Å². The van der Waals surface area contributed by atoms with Crippen molar-refractivity contribution in [3.63, 3.8) is 0 Å². The average molecular weight is 631 g/mol. The van der Waals surface area contributed by atoms with E-state index in [0.29, 0.717) is 58.8 Å². The molecular weight excluding hydrogens is 597 g/mol. The van der Waals surface area contributed by atoms with Gasteiger partial charge in [-0.25, -0.2) is 13.1 Å². The fraction of sp³-hybridized carbons (Fsp3) is 0.484. The van der Waals surface area contributed by atoms with Gasteiger partial charge in [0.05, 0.1) is 46.5 Å². The second-order valence-corrected chi connectivity index (χ2v) is 15.0. The molecule has 8 nitrogen and oxygen atoms in total. The predicted molar refractivity (Wildman–Crippen MR) is 162 cm³/mol. The summed E-state index contributed by atoms with van der Waals surface area (Å²) in [5, 5.41) is 5.21. The van der Waals surface area contributed by atoms with E-state index in [2.05, 4.69) is 10.00 Å². The molecule has 7 rings (SSSR count). The number of benzene rings is 2. The number of sulfone groups is 1. The molecule has 2 aliphatic carbocycles. The summed E-state index contributed by atoms with van der Waals surface area (Å²) in [5.41, 5.74) is 4.41. The monoisotopic (exact) mass is 629 g/mol. The first-order chi connectivity index (χ1) is 20.3. The fourth-order valence-electron chi connectivity index (χ4n) is 6.78. The Hall–Kier alpha value is -2.43. The highest BCUT2D eigenvalue weighted by molar-refractivity contribution is 7.92. The molecule has 222 valence electrons. The number of fused-ring (bicyclic) bond motifs is 2. The Morgan fingerprint density at radius 1 is 1.05 bits per heavy atom. The second kappa shape index (κ2) is 11.2. The molecule has 0 radical (unpaired) electrons. The number of carbonyl (C=O) groups is 1. The lowest BCUT2D eigenvalue weighted by Gasteiger charge is -2.33. The van der Waals surface area contributed by atoms with Crippen LogP contribution in [0.3, 0.4) is 0 Å². The van der Waals surface area contributed by atoms with Gasteiger partial charge in [-0.15, -0.1) is 0 Å². The lowest BCUT2D eigenvalue weighted by molar-refractivity contribution is 0.00993. The van der Waals surface area contributed by atoms with E-state index in [4.69, 9.17) is 32.7 Å². The van der Waals surface area contributed by atoms with Gasteiger partial charge < -0.3 is 14.4 Å². The van der Waals surface area contributed by atoms with Gasteiger partial charge in [0.2, 0.25) is 0 Å². The number of piperidine rings is 1. The zero-order valence-corrected chi connectivity index (χ0v) is 25.5. The van der Waals surface area contributed by atoms with Gasteiger partial charge in [0.15, 0.2) is 15.6 Å². The summed E-state index contributed by atoms with van der Waals surface area (Å²) in [6.07, 6.45) is 6.84. The summed E-state index contributed by atoms with van der Waals surface area (Å²) in [6, 6.07) is 13.2. The van der Waals surface area contributed by atoms with E-state index in [-0.39, 0.29) is 18.5 Å². The standard InChI is InChI=1S/C31H33Cl2N3O5S/c32-26-2-1-3-27(33)31(26)36-28(25(14-34-36)19-4-5-19)17-41-30-13-23-12-21(30)15-35(23)22-8-6-20(7-9-22)29(37)18-42(38,39)24-10-11-40-16-24/h1-3,6-9,14,19,21,23-24,30H,4-5,10-13,15-18H2/t21-,23-,24?,30+/m0/s1. The van der Waals surface area contributed by atoms with Gasteiger partial charge in [0.25, 0.3) is 0 Å². The number of rotatable bonds is 10. The number of carbonyl (C=O) groups excluding carboxylic acids is 1. The molecular formula is C31H33Cl2N3O5S. The SMILES string of the molecule is O=C(CS(=O)(=O)C1CCOC1)c1ccc(N2C[C@@H]3C[C@H]2C[C@H]3OCc2c(C3CC3)cnn2-c2c(Cl)cccc2Cl)cc1. The van der Waals surface area contributed by atoms with Crippen molar-refractivity contribution in [3.8, 4) is 5.69 Å². The third-order valence-corrected chi connectivity index (χ3v) is 11.9. The molecule has 2 saturated heterocycles. The summed E-state index contributed by atoms with van der Waals surface area (Å²) in [4.78, 5) is 15.1. The molecule has 1 aromatic heterocycles. The molecule has 3 aromatic rings. The molecule has 11 heteroatoms. The first-order valence-corrected chi connectivity index (χ1v) is 17.1. The van der Waals surface area contributed by atoms with Crippen LogP contribution in [0, 0.1) is 5.92 Å². The number of nitrogens with zero attached hydrogens (tertiary/aromatic N) is 3. The normalized spacial score (nSPS) is 25.4. The molecule has 42 heavy (non-hydrogen) atoms. The first-order valence-electron chi connectivity index (χ1n) is 14.6. The van der Waals surface area contributed by atoms with E-state index in [0.717, 1.165) is 43.6 Å². The number of aromatic nitrogens is 2. The van der Waals surface area contributed by atoms with Crippen LogP contribution in [0.15, 0.2) is 48.7 Å². The van der Waals surface area contributed by atoms with Gasteiger partial charge >= 0.3 is 0 Å². The number of hydrogen-bond donors (Lipinski definition) is 0. The zero-order valence-electron chi connectivity index (χ0n) is 23.1. The lowest BCUT2D eigenvalue weighted by Crippen LogP contribution is -2.38. The maximum atomic E-state index is 12.7. The van der Waals surface area contributed by atoms with Crippen LogP contribution in [0.2, 0.25) is 10.0 Å². The van der Waals surface area contributed by atoms with Crippen molar-refractivity contribution in [2.75, 3.05) is 30.4 Å². The van der Waals surface area contributed by atoms with Crippen LogP contribution < -0.4 is 4.90 Å². The molecule has 2 aliphatic heterocycles. The summed E-state index contributed by atoms with van der Waals surface area (Å²) in [7, 11) is -3.51. The van der Waals surface area contributed by atoms with Crippen LogP contribution >= 0.6 is 23.2 Å². The third kappa shape index (κ3) is 5.39. The molecule has 0 spiro atoms. The fourth-order valence-corrected chi connectivity index (χ4v) is 8.87. The Morgan fingerprint density at radius 3 is 2.45 bits per heavy atom. The van der Waals surface area contributed by atoms with Gasteiger partial charge in [-0.05, 0) is 80.0 Å². The lowest BCUT2D eigenvalue weighted by atomic mass is 10.0. The Morgan fingerprint density at radius 2 is 1.81 bits per heavy atom. The quantitative estimate of drug-likeness (QED) is 0.269. The Balaban J connectivity index is 0.994. The Bertz CT molecular complexity index is 1580. The molecule has 4 fully saturated rings. The van der Waals surface area contributed by atoms with Crippen molar-refractivity contribution in [2.24, 2.45) is 5.92 Å². The van der Waals surface area contributed by atoms with E-state index in [9.17, 15) is 13.2 Å². The highest BCUT2D eigenvalue weighted by atomic mass is 35.5. The van der Waals surface area contributed by atoms with Crippen molar-refractivity contribution in [3.05, 3.63) is 75.5 Å². The average Bonchev–Trinajstić information content (AvgIpc) is 3.36. The molecule has 0 amide bonds. The molecule has 3 heterocycles. The van der Waals surface area contributed by atoms with E-state index in [1.54, 1.807) is 12.1 Å². The summed E-state index contributed by atoms with van der Waals surface area (Å²) >= 11 is 13.1. The van der Waals surface area contributed by atoms with Crippen LogP contribution in [0.1, 0.15) is 59.6 Å². The molecule has 4 aliphatic rings. The molecule has 0 N–H and O–H groups in total. The van der Waals surface area contributed by atoms with Gasteiger partial charge in [0.1, 0.15) is 11.4 Å². The minimum atomic E-state index is -3.51. The van der Waals surface area contributed by atoms with Crippen molar-refractivity contribution >= 4 is 44.5 Å². The van der Waals surface area contributed by atoms with E-state index in [1.807, 2.05) is 41.2 Å². The van der Waals surface area contributed by atoms with Gasteiger partial charge in [-0.1, -0.05) is 29.3 Å². The van der Waals surface area contributed by atoms with Crippen molar-refractivity contribution in [2.45, 2.75) is 62.0 Å². The summed E-state index contributed by atoms with van der Waals surface area (Å²) in [6.45, 7) is 1.94. The maximum absolute atomic E-state index is 12.7. The molecule has 1 unspecified atom stereocenters. The highest BCUT2D eigenvalue weighted by Gasteiger charge is 2.45. The van der Waals surface area contributed by atoms with E-state index < -0.39 is 20.8 Å². The largest absolute Gasteiger partial charge is 0.380 e. The molecule has 2 aromatic carbocycles. The number of hydrogen-bond acceptors (Lipinski definition) is 7. The van der Waals surface area contributed by atoms with Crippen LogP contribution in [0.5, 0.6) is 0 Å². The predicted octanol–water partition coefficient (Wildman–Crippen LogP) is 5.63. The zero-order chi connectivity index (χ0) is 29.0. The van der Waals surface area contributed by atoms with Crippen LogP contribution in [0.25, 0.3) is 5.69 Å². The minimum Gasteiger partial charge on any atom is -0.380 e. The Kier molecular flexibility index (Phi) is 7.59. The second-order valence-electron chi connectivity index (χ2n) is 12.0. The number of halogens is 2. The maximum Gasteiger partial charge on any atom is 0.177 e. The first kappa shape index (κ1) is 28.3. The van der Waals surface area contributed by atoms with Gasteiger partial charge in [-0.3, -0.25) is 4.79 Å². The number of anilines is 1. The number of ketones is 1. The van der Waals surface area contributed by atoms with Crippen LogP contribution in [-0.4, -0.2) is 66.9 Å². The summed E-state index contributed by atoms with van der Waals surface area (Å²) in [5.74, 6) is 0.0750. The highest BCUT2D eigenvalue weighted by Crippen LogP contribution is 2.45.